The number of nitrogens with zero attached hydrogens (tertiary/aromatic N) is 2. The number of nitrogens with one attached hydrogen (secondary N) is 2. The minimum Gasteiger partial charge on any atom is -0.340 e. The summed E-state index contributed by atoms with van der Waals surface area (Å²) in [5.41, 5.74) is 3.20. The summed E-state index contributed by atoms with van der Waals surface area (Å²) in [5, 5.41) is 9.92. The second kappa shape index (κ2) is 4.57. The molecule has 2 N–H and O–H groups in total. The molecule has 1 saturated carbocycles. The minimum absolute atomic E-state index is 0.0653. The van der Waals surface area contributed by atoms with E-state index in [0.29, 0.717) is 6.04 Å². The molecule has 1 aliphatic carbocycles. The van der Waals surface area contributed by atoms with Crippen molar-refractivity contribution in [3.05, 3.63) is 35.4 Å². The monoisotopic (exact) mass is 258 g/mol. The number of aromatic nitrogens is 3. The zero-order valence-corrected chi connectivity index (χ0v) is 11.2. The number of carbonyl (C=O) groups excluding carboxylic acids is 1. The summed E-state index contributed by atoms with van der Waals surface area (Å²) in [6, 6.07) is 4.29. The van der Waals surface area contributed by atoms with Crippen molar-refractivity contribution in [3.63, 3.8) is 0 Å². The second-order valence-electron chi connectivity index (χ2n) is 5.15. The predicted octanol–water partition coefficient (Wildman–Crippen LogP) is 2.81. The van der Waals surface area contributed by atoms with Gasteiger partial charge in [0, 0.05) is 12.2 Å². The summed E-state index contributed by atoms with van der Waals surface area (Å²) < 4.78 is 2.09. The van der Waals surface area contributed by atoms with E-state index < -0.39 is 0 Å². The Morgan fingerprint density at radius 1 is 1.47 bits per heavy atom. The molecule has 3 rings (SSSR count). The van der Waals surface area contributed by atoms with Crippen LogP contribution >= 0.6 is 0 Å². The van der Waals surface area contributed by atoms with Gasteiger partial charge in [0.15, 0.2) is 0 Å². The topological polar surface area (TPSA) is 62.7 Å². The van der Waals surface area contributed by atoms with Crippen LogP contribution in [0, 0.1) is 13.8 Å². The van der Waals surface area contributed by atoms with Crippen molar-refractivity contribution in [2.45, 2.75) is 39.2 Å². The molecule has 1 fully saturated rings. The molecule has 19 heavy (non-hydrogen) atoms. The minimum atomic E-state index is -0.0653. The lowest BCUT2D eigenvalue weighted by Crippen LogP contribution is -2.23. The summed E-state index contributed by atoms with van der Waals surface area (Å²) in [6.45, 7) is 3.78. The highest BCUT2D eigenvalue weighted by Gasteiger charge is 2.23. The van der Waals surface area contributed by atoms with E-state index in [0.717, 1.165) is 22.8 Å². The maximum absolute atomic E-state index is 12.4. The number of rotatable bonds is 3. The Bertz CT molecular complexity index is 587. The molecule has 5 heteroatoms. The van der Waals surface area contributed by atoms with Crippen LogP contribution in [0.3, 0.4) is 0 Å². The molecule has 5 nitrogen and oxygen atoms in total. The van der Waals surface area contributed by atoms with Gasteiger partial charge in [-0.1, -0.05) is 0 Å². The van der Waals surface area contributed by atoms with Crippen molar-refractivity contribution in [2.24, 2.45) is 0 Å². The fourth-order valence-electron chi connectivity index (χ4n) is 2.48. The van der Waals surface area contributed by atoms with Crippen LogP contribution in [0.2, 0.25) is 0 Å². The molecule has 100 valence electrons. The summed E-state index contributed by atoms with van der Waals surface area (Å²) in [7, 11) is 0. The van der Waals surface area contributed by atoms with Gasteiger partial charge in [-0.3, -0.25) is 9.89 Å². The van der Waals surface area contributed by atoms with E-state index in [4.69, 9.17) is 0 Å². The molecule has 0 saturated heterocycles. The van der Waals surface area contributed by atoms with Crippen molar-refractivity contribution in [2.75, 3.05) is 5.32 Å². The first-order valence-electron chi connectivity index (χ1n) is 6.66. The van der Waals surface area contributed by atoms with E-state index in [9.17, 15) is 4.79 Å². The standard InChI is InChI=1S/C14H18N4O/c1-9-13(10(2)17-16-9)15-14(19)12-7-4-8-18(12)11-5-3-6-11/h4,7-8,11H,3,5-6H2,1-2H3,(H,15,19)(H,16,17). The zero-order chi connectivity index (χ0) is 13.4. The Kier molecular flexibility index (Phi) is 2.89. The number of hydrogen-bond donors (Lipinski definition) is 2. The highest BCUT2D eigenvalue weighted by Crippen LogP contribution is 2.33. The van der Waals surface area contributed by atoms with Crippen molar-refractivity contribution >= 4 is 11.6 Å². The molecule has 1 aliphatic rings. The summed E-state index contributed by atoms with van der Waals surface area (Å²) in [5.74, 6) is -0.0653. The first-order valence-corrected chi connectivity index (χ1v) is 6.66. The van der Waals surface area contributed by atoms with Crippen LogP contribution in [0.15, 0.2) is 18.3 Å². The van der Waals surface area contributed by atoms with E-state index in [1.807, 2.05) is 32.2 Å². The first-order chi connectivity index (χ1) is 9.16. The summed E-state index contributed by atoms with van der Waals surface area (Å²) >= 11 is 0. The van der Waals surface area contributed by atoms with E-state index >= 15 is 0 Å². The van der Waals surface area contributed by atoms with E-state index in [-0.39, 0.29) is 5.91 Å². The van der Waals surface area contributed by atoms with Crippen molar-refractivity contribution in [1.82, 2.24) is 14.8 Å². The number of aryl methyl sites for hydroxylation is 2. The van der Waals surface area contributed by atoms with Gasteiger partial charge in [-0.05, 0) is 45.2 Å². The van der Waals surface area contributed by atoms with Gasteiger partial charge in [-0.15, -0.1) is 0 Å². The van der Waals surface area contributed by atoms with Gasteiger partial charge in [-0.25, -0.2) is 0 Å². The van der Waals surface area contributed by atoms with Gasteiger partial charge >= 0.3 is 0 Å². The third-order valence-electron chi connectivity index (χ3n) is 3.85. The van der Waals surface area contributed by atoms with Gasteiger partial charge in [0.1, 0.15) is 5.69 Å². The second-order valence-corrected chi connectivity index (χ2v) is 5.15. The van der Waals surface area contributed by atoms with Crippen LogP contribution in [0.5, 0.6) is 0 Å². The molecule has 2 aromatic heterocycles. The molecule has 2 aromatic rings. The zero-order valence-electron chi connectivity index (χ0n) is 11.2. The van der Waals surface area contributed by atoms with Gasteiger partial charge in [-0.2, -0.15) is 5.10 Å². The molecular weight excluding hydrogens is 240 g/mol. The van der Waals surface area contributed by atoms with Gasteiger partial charge in [0.25, 0.3) is 5.91 Å². The van der Waals surface area contributed by atoms with Crippen LogP contribution in [0.4, 0.5) is 5.69 Å². The quantitative estimate of drug-likeness (QED) is 0.889. The first kappa shape index (κ1) is 12.0. The molecule has 0 spiro atoms. The van der Waals surface area contributed by atoms with Gasteiger partial charge < -0.3 is 9.88 Å². The Labute approximate surface area is 112 Å². The average molecular weight is 258 g/mol. The molecule has 2 heterocycles. The summed E-state index contributed by atoms with van der Waals surface area (Å²) in [6.07, 6.45) is 5.58. The molecular formula is C14H18N4O. The fraction of sp³-hybridized carbons (Fsp3) is 0.429. The van der Waals surface area contributed by atoms with E-state index in [2.05, 4.69) is 20.1 Å². The normalized spacial score (nSPS) is 15.3. The lowest BCUT2D eigenvalue weighted by atomic mass is 9.93. The summed E-state index contributed by atoms with van der Waals surface area (Å²) in [4.78, 5) is 12.4. The highest BCUT2D eigenvalue weighted by molar-refractivity contribution is 6.03. The highest BCUT2D eigenvalue weighted by atomic mass is 16.2. The van der Waals surface area contributed by atoms with Gasteiger partial charge in [0.05, 0.1) is 17.1 Å². The molecule has 0 aromatic carbocycles. The Hall–Kier alpha value is -2.04. The van der Waals surface area contributed by atoms with Crippen LogP contribution < -0.4 is 5.32 Å². The third kappa shape index (κ3) is 2.05. The number of aromatic amines is 1. The third-order valence-corrected chi connectivity index (χ3v) is 3.85. The number of amides is 1. The largest absolute Gasteiger partial charge is 0.340 e. The number of hydrogen-bond acceptors (Lipinski definition) is 2. The van der Waals surface area contributed by atoms with Crippen LogP contribution in [0.1, 0.15) is 47.2 Å². The molecule has 0 atom stereocenters. The smallest absolute Gasteiger partial charge is 0.272 e. The number of H-pyrrole nitrogens is 1. The van der Waals surface area contributed by atoms with Crippen molar-refractivity contribution in [3.8, 4) is 0 Å². The molecule has 0 aliphatic heterocycles. The van der Waals surface area contributed by atoms with Crippen LogP contribution in [-0.2, 0) is 0 Å². The molecule has 0 bridgehead atoms. The van der Waals surface area contributed by atoms with Crippen LogP contribution in [-0.4, -0.2) is 20.7 Å². The Morgan fingerprint density at radius 2 is 2.26 bits per heavy atom. The van der Waals surface area contributed by atoms with Crippen molar-refractivity contribution < 1.29 is 4.79 Å². The Balaban J connectivity index is 1.83. The lowest BCUT2D eigenvalue weighted by molar-refractivity contribution is 0.101. The fourth-order valence-corrected chi connectivity index (χ4v) is 2.48. The maximum Gasteiger partial charge on any atom is 0.272 e. The predicted molar refractivity (Wildman–Crippen MR) is 73.3 cm³/mol. The molecule has 0 radical (unpaired) electrons. The average Bonchev–Trinajstić information content (AvgIpc) is 2.89. The van der Waals surface area contributed by atoms with E-state index in [1.54, 1.807) is 0 Å². The van der Waals surface area contributed by atoms with Crippen molar-refractivity contribution in [1.29, 1.82) is 0 Å². The Morgan fingerprint density at radius 3 is 2.84 bits per heavy atom. The van der Waals surface area contributed by atoms with Crippen LogP contribution in [0.25, 0.3) is 0 Å². The van der Waals surface area contributed by atoms with Gasteiger partial charge in [0.2, 0.25) is 0 Å². The maximum atomic E-state index is 12.4. The lowest BCUT2D eigenvalue weighted by Gasteiger charge is -2.28. The number of carbonyl (C=O) groups is 1. The SMILES string of the molecule is Cc1n[nH]c(C)c1NC(=O)c1cccn1C1CCC1. The molecule has 1 amide bonds. The van der Waals surface area contributed by atoms with E-state index in [1.165, 1.54) is 19.3 Å². The number of anilines is 1. The molecule has 0 unspecified atom stereocenters.